The van der Waals surface area contributed by atoms with Crippen molar-refractivity contribution in [2.45, 2.75) is 6.92 Å². The maximum atomic E-state index is 9.92. The lowest BCUT2D eigenvalue weighted by Crippen LogP contribution is -1.88. The van der Waals surface area contributed by atoms with Crippen molar-refractivity contribution in [2.75, 3.05) is 0 Å². The second kappa shape index (κ2) is 3.17. The normalized spacial score (nSPS) is 11.1. The molecule has 0 fully saturated rings. The molecule has 1 N–H and O–H groups in total. The molecule has 3 aromatic rings. The molecule has 0 amide bonds. The summed E-state index contributed by atoms with van der Waals surface area (Å²) in [7, 11) is 0. The van der Waals surface area contributed by atoms with Gasteiger partial charge in [0.15, 0.2) is 0 Å². The van der Waals surface area contributed by atoms with Crippen LogP contribution in [0.15, 0.2) is 36.4 Å². The van der Waals surface area contributed by atoms with E-state index >= 15 is 0 Å². The minimum absolute atomic E-state index is 0.218. The molecule has 0 unspecified atom stereocenters. The number of rotatable bonds is 0. The Kier molecular flexibility index (Phi) is 1.80. The summed E-state index contributed by atoms with van der Waals surface area (Å²) in [5.41, 5.74) is 3.76. The summed E-state index contributed by atoms with van der Waals surface area (Å²) in [6, 6.07) is 11.4. The van der Waals surface area contributed by atoms with E-state index in [4.69, 9.17) is 0 Å². The summed E-state index contributed by atoms with van der Waals surface area (Å²) in [5.74, 6) is 0.218. The highest BCUT2D eigenvalue weighted by molar-refractivity contribution is 5.90. The second-order valence-electron chi connectivity index (χ2n) is 3.81. The SMILES string of the molecule is Cc1ccc2nc3ccccc3nc2c1O. The summed E-state index contributed by atoms with van der Waals surface area (Å²) < 4.78 is 0. The standard InChI is InChI=1S/C13H10N2O/c1-8-6-7-11-12(13(8)16)15-10-5-3-2-4-9(10)14-11/h2-7,16H,1H3. The molecule has 1 heterocycles. The number of para-hydroxylation sites is 2. The fourth-order valence-electron chi connectivity index (χ4n) is 1.77. The van der Waals surface area contributed by atoms with E-state index in [0.29, 0.717) is 5.52 Å². The first kappa shape index (κ1) is 9.09. The first-order chi connectivity index (χ1) is 7.75. The molecule has 0 atom stereocenters. The molecule has 3 nitrogen and oxygen atoms in total. The lowest BCUT2D eigenvalue weighted by molar-refractivity contribution is 0.476. The maximum absolute atomic E-state index is 9.92. The van der Waals surface area contributed by atoms with Crippen molar-refractivity contribution >= 4 is 22.1 Å². The summed E-state index contributed by atoms with van der Waals surface area (Å²) in [5, 5.41) is 9.92. The highest BCUT2D eigenvalue weighted by Gasteiger charge is 2.06. The molecule has 0 bridgehead atoms. The van der Waals surface area contributed by atoms with Crippen molar-refractivity contribution in [3.8, 4) is 5.75 Å². The van der Waals surface area contributed by atoms with Crippen molar-refractivity contribution in [2.24, 2.45) is 0 Å². The van der Waals surface area contributed by atoms with Gasteiger partial charge in [0.2, 0.25) is 0 Å². The Morgan fingerprint density at radius 2 is 1.56 bits per heavy atom. The van der Waals surface area contributed by atoms with Crippen molar-refractivity contribution in [1.82, 2.24) is 9.97 Å². The number of hydrogen-bond donors (Lipinski definition) is 1. The number of aryl methyl sites for hydroxylation is 1. The number of benzene rings is 2. The van der Waals surface area contributed by atoms with Crippen molar-refractivity contribution in [3.05, 3.63) is 42.0 Å². The van der Waals surface area contributed by atoms with Crippen LogP contribution in [0.1, 0.15) is 5.56 Å². The van der Waals surface area contributed by atoms with E-state index in [9.17, 15) is 5.11 Å². The van der Waals surface area contributed by atoms with Crippen LogP contribution in [0.5, 0.6) is 5.75 Å². The number of aromatic nitrogens is 2. The van der Waals surface area contributed by atoms with Crippen molar-refractivity contribution in [1.29, 1.82) is 0 Å². The summed E-state index contributed by atoms with van der Waals surface area (Å²) in [6.07, 6.45) is 0. The van der Waals surface area contributed by atoms with Gasteiger partial charge >= 0.3 is 0 Å². The van der Waals surface area contributed by atoms with Gasteiger partial charge in [0, 0.05) is 0 Å². The van der Waals surface area contributed by atoms with E-state index in [-0.39, 0.29) is 5.75 Å². The fraction of sp³-hybridized carbons (Fsp3) is 0.0769. The van der Waals surface area contributed by atoms with Crippen LogP contribution in [0.2, 0.25) is 0 Å². The minimum atomic E-state index is 0.218. The quantitative estimate of drug-likeness (QED) is 0.580. The molecular weight excluding hydrogens is 200 g/mol. The third-order valence-corrected chi connectivity index (χ3v) is 2.69. The maximum Gasteiger partial charge on any atom is 0.146 e. The molecule has 0 spiro atoms. The van der Waals surface area contributed by atoms with Gasteiger partial charge in [-0.2, -0.15) is 0 Å². The van der Waals surface area contributed by atoms with Crippen LogP contribution in [-0.4, -0.2) is 15.1 Å². The van der Waals surface area contributed by atoms with Crippen LogP contribution >= 0.6 is 0 Å². The molecule has 0 saturated carbocycles. The van der Waals surface area contributed by atoms with Crippen molar-refractivity contribution in [3.63, 3.8) is 0 Å². The van der Waals surface area contributed by atoms with E-state index in [1.807, 2.05) is 43.3 Å². The largest absolute Gasteiger partial charge is 0.505 e. The molecule has 1 aromatic heterocycles. The molecule has 0 aliphatic heterocycles. The smallest absolute Gasteiger partial charge is 0.146 e. The van der Waals surface area contributed by atoms with Crippen LogP contribution in [-0.2, 0) is 0 Å². The van der Waals surface area contributed by atoms with Gasteiger partial charge in [-0.15, -0.1) is 0 Å². The van der Waals surface area contributed by atoms with Crippen LogP contribution in [0.25, 0.3) is 22.1 Å². The lowest BCUT2D eigenvalue weighted by Gasteiger charge is -2.04. The van der Waals surface area contributed by atoms with E-state index < -0.39 is 0 Å². The predicted octanol–water partition coefficient (Wildman–Crippen LogP) is 2.80. The molecule has 3 rings (SSSR count). The molecular formula is C13H10N2O. The topological polar surface area (TPSA) is 46.0 Å². The van der Waals surface area contributed by atoms with Gasteiger partial charge in [-0.25, -0.2) is 9.97 Å². The zero-order valence-electron chi connectivity index (χ0n) is 8.81. The van der Waals surface area contributed by atoms with E-state index in [2.05, 4.69) is 9.97 Å². The number of fused-ring (bicyclic) bond motifs is 2. The molecule has 2 aromatic carbocycles. The second-order valence-corrected chi connectivity index (χ2v) is 3.81. The molecule has 0 aliphatic carbocycles. The predicted molar refractivity (Wildman–Crippen MR) is 63.4 cm³/mol. The molecule has 0 aliphatic rings. The number of hydrogen-bond acceptors (Lipinski definition) is 3. The highest BCUT2D eigenvalue weighted by atomic mass is 16.3. The molecule has 0 radical (unpaired) electrons. The Balaban J connectivity index is 2.51. The minimum Gasteiger partial charge on any atom is -0.505 e. The van der Waals surface area contributed by atoms with Gasteiger partial charge in [0.1, 0.15) is 11.3 Å². The van der Waals surface area contributed by atoms with Gasteiger partial charge in [-0.1, -0.05) is 18.2 Å². The fourth-order valence-corrected chi connectivity index (χ4v) is 1.77. The van der Waals surface area contributed by atoms with Crippen LogP contribution in [0.4, 0.5) is 0 Å². The van der Waals surface area contributed by atoms with Crippen LogP contribution in [0.3, 0.4) is 0 Å². The monoisotopic (exact) mass is 210 g/mol. The Hall–Kier alpha value is -2.16. The average molecular weight is 210 g/mol. The Morgan fingerprint density at radius 1 is 0.875 bits per heavy atom. The number of phenolic OH excluding ortho intramolecular Hbond substituents is 1. The van der Waals surface area contributed by atoms with E-state index in [0.717, 1.165) is 22.1 Å². The third-order valence-electron chi connectivity index (χ3n) is 2.69. The highest BCUT2D eigenvalue weighted by Crippen LogP contribution is 2.26. The van der Waals surface area contributed by atoms with Crippen LogP contribution in [0, 0.1) is 6.92 Å². The van der Waals surface area contributed by atoms with Crippen LogP contribution < -0.4 is 0 Å². The first-order valence-electron chi connectivity index (χ1n) is 5.11. The summed E-state index contributed by atoms with van der Waals surface area (Å²) in [4.78, 5) is 8.88. The zero-order valence-corrected chi connectivity index (χ0v) is 8.81. The lowest BCUT2D eigenvalue weighted by atomic mass is 10.2. The third kappa shape index (κ3) is 1.21. The van der Waals surface area contributed by atoms with Gasteiger partial charge in [-0.05, 0) is 30.7 Å². The van der Waals surface area contributed by atoms with Gasteiger partial charge in [-0.3, -0.25) is 0 Å². The molecule has 16 heavy (non-hydrogen) atoms. The van der Waals surface area contributed by atoms with Gasteiger partial charge in [0.05, 0.1) is 16.6 Å². The number of phenols is 1. The summed E-state index contributed by atoms with van der Waals surface area (Å²) in [6.45, 7) is 1.85. The Morgan fingerprint density at radius 3 is 2.31 bits per heavy atom. The zero-order chi connectivity index (χ0) is 11.1. The van der Waals surface area contributed by atoms with E-state index in [1.165, 1.54) is 0 Å². The Bertz CT molecular complexity index is 692. The van der Waals surface area contributed by atoms with Gasteiger partial charge in [0.25, 0.3) is 0 Å². The average Bonchev–Trinajstić information content (AvgIpc) is 2.32. The summed E-state index contributed by atoms with van der Waals surface area (Å²) >= 11 is 0. The number of aromatic hydroxyl groups is 1. The van der Waals surface area contributed by atoms with Crippen molar-refractivity contribution < 1.29 is 5.11 Å². The Labute approximate surface area is 92.4 Å². The molecule has 3 heteroatoms. The molecule has 0 saturated heterocycles. The van der Waals surface area contributed by atoms with Gasteiger partial charge < -0.3 is 5.11 Å². The van der Waals surface area contributed by atoms with E-state index in [1.54, 1.807) is 0 Å². The first-order valence-corrected chi connectivity index (χ1v) is 5.11. The molecule has 78 valence electrons. The number of nitrogens with zero attached hydrogens (tertiary/aromatic N) is 2.